The van der Waals surface area contributed by atoms with Gasteiger partial charge in [0.05, 0.1) is 5.56 Å². The second-order valence-corrected chi connectivity index (χ2v) is 5.90. The van der Waals surface area contributed by atoms with Gasteiger partial charge in [0, 0.05) is 12.5 Å². The van der Waals surface area contributed by atoms with Gasteiger partial charge >= 0.3 is 0 Å². The number of nitrogens with zero attached hydrogens (tertiary/aromatic N) is 3. The minimum absolute atomic E-state index is 0.0938. The van der Waals surface area contributed by atoms with Crippen LogP contribution in [0.2, 0.25) is 0 Å². The van der Waals surface area contributed by atoms with E-state index in [9.17, 15) is 9.18 Å². The van der Waals surface area contributed by atoms with Gasteiger partial charge in [-0.2, -0.15) is 4.98 Å². The van der Waals surface area contributed by atoms with Crippen LogP contribution < -0.4 is 0 Å². The van der Waals surface area contributed by atoms with Crippen molar-refractivity contribution in [2.45, 2.75) is 37.6 Å². The number of aromatic nitrogens is 2. The minimum atomic E-state index is -0.498. The molecular weight excluding hydrogens is 285 g/mol. The second-order valence-electron chi connectivity index (χ2n) is 5.90. The predicted molar refractivity (Wildman–Crippen MR) is 75.7 cm³/mol. The summed E-state index contributed by atoms with van der Waals surface area (Å²) in [5, 5.41) is 4.01. The molecule has 1 saturated heterocycles. The quantitative estimate of drug-likeness (QED) is 0.874. The normalized spacial score (nSPS) is 21.3. The van der Waals surface area contributed by atoms with Gasteiger partial charge < -0.3 is 9.42 Å². The van der Waals surface area contributed by atoms with Crippen LogP contribution in [0.5, 0.6) is 0 Å². The zero-order chi connectivity index (χ0) is 15.1. The first-order valence-electron chi connectivity index (χ1n) is 7.63. The fourth-order valence-electron chi connectivity index (χ4n) is 2.95. The molecule has 0 bridgehead atoms. The van der Waals surface area contributed by atoms with Crippen LogP contribution in [0.25, 0.3) is 0 Å². The van der Waals surface area contributed by atoms with Crippen molar-refractivity contribution in [1.82, 2.24) is 15.0 Å². The lowest BCUT2D eigenvalue weighted by Gasteiger charge is -2.22. The lowest BCUT2D eigenvalue weighted by Crippen LogP contribution is -2.31. The molecule has 4 rings (SSSR count). The molecule has 1 saturated carbocycles. The van der Waals surface area contributed by atoms with E-state index in [0.29, 0.717) is 18.4 Å². The molecule has 1 aliphatic heterocycles. The summed E-state index contributed by atoms with van der Waals surface area (Å²) < 4.78 is 19.2. The summed E-state index contributed by atoms with van der Waals surface area (Å²) in [6, 6.07) is 5.81. The van der Waals surface area contributed by atoms with Crippen molar-refractivity contribution in [2.75, 3.05) is 6.54 Å². The summed E-state index contributed by atoms with van der Waals surface area (Å²) in [5.41, 5.74) is 0.0938. The van der Waals surface area contributed by atoms with Gasteiger partial charge in [-0.3, -0.25) is 4.79 Å². The summed E-state index contributed by atoms with van der Waals surface area (Å²) >= 11 is 0. The van der Waals surface area contributed by atoms with E-state index in [2.05, 4.69) is 10.1 Å². The molecule has 1 atom stereocenters. The molecule has 2 fully saturated rings. The van der Waals surface area contributed by atoms with Gasteiger partial charge in [-0.1, -0.05) is 17.3 Å². The van der Waals surface area contributed by atoms with Gasteiger partial charge in [-0.05, 0) is 37.8 Å². The number of hydrogen-bond donors (Lipinski definition) is 0. The number of hydrogen-bond acceptors (Lipinski definition) is 4. The molecule has 1 aliphatic carbocycles. The third kappa shape index (κ3) is 2.28. The Morgan fingerprint density at radius 3 is 2.86 bits per heavy atom. The average Bonchev–Trinajstić information content (AvgIpc) is 3.07. The van der Waals surface area contributed by atoms with Crippen LogP contribution in [0.4, 0.5) is 4.39 Å². The highest BCUT2D eigenvalue weighted by Gasteiger charge is 2.37. The maximum Gasteiger partial charge on any atom is 0.257 e. The van der Waals surface area contributed by atoms with Crippen molar-refractivity contribution < 1.29 is 13.7 Å². The molecule has 1 unspecified atom stereocenters. The molecule has 1 amide bonds. The molecule has 22 heavy (non-hydrogen) atoms. The largest absolute Gasteiger partial charge is 0.337 e. The van der Waals surface area contributed by atoms with E-state index in [-0.39, 0.29) is 17.5 Å². The minimum Gasteiger partial charge on any atom is -0.337 e. The summed E-state index contributed by atoms with van der Waals surface area (Å²) in [5.74, 6) is 0.813. The zero-order valence-corrected chi connectivity index (χ0v) is 12.0. The highest BCUT2D eigenvalue weighted by atomic mass is 19.1. The number of carbonyl (C=O) groups excluding carboxylic acids is 1. The fraction of sp³-hybridized carbons (Fsp3) is 0.438. The SMILES string of the molecule is O=C(c1ccccc1F)N1CCCC1c1nc(C2CC2)no1. The van der Waals surface area contributed by atoms with E-state index < -0.39 is 5.82 Å². The monoisotopic (exact) mass is 301 g/mol. The van der Waals surface area contributed by atoms with Crippen LogP contribution in [0.15, 0.2) is 28.8 Å². The fourth-order valence-corrected chi connectivity index (χ4v) is 2.95. The molecule has 1 aromatic heterocycles. The van der Waals surface area contributed by atoms with Gasteiger partial charge in [0.2, 0.25) is 5.89 Å². The van der Waals surface area contributed by atoms with Crippen LogP contribution in [0, 0.1) is 5.82 Å². The van der Waals surface area contributed by atoms with E-state index in [1.54, 1.807) is 17.0 Å². The maximum atomic E-state index is 13.8. The van der Waals surface area contributed by atoms with Crippen LogP contribution in [0.1, 0.15) is 59.7 Å². The first-order chi connectivity index (χ1) is 10.7. The third-order valence-corrected chi connectivity index (χ3v) is 4.30. The van der Waals surface area contributed by atoms with E-state index in [4.69, 9.17) is 4.52 Å². The van der Waals surface area contributed by atoms with Crippen LogP contribution in [-0.2, 0) is 0 Å². The molecule has 2 aliphatic rings. The summed E-state index contributed by atoms with van der Waals surface area (Å²) in [6.07, 6.45) is 3.82. The van der Waals surface area contributed by atoms with E-state index in [0.717, 1.165) is 31.5 Å². The van der Waals surface area contributed by atoms with Crippen molar-refractivity contribution in [3.05, 3.63) is 47.4 Å². The Labute approximate surface area is 127 Å². The summed E-state index contributed by atoms with van der Waals surface area (Å²) in [7, 11) is 0. The Hall–Kier alpha value is -2.24. The average molecular weight is 301 g/mol. The van der Waals surface area contributed by atoms with Gasteiger partial charge in [-0.15, -0.1) is 0 Å². The first kappa shape index (κ1) is 13.4. The van der Waals surface area contributed by atoms with Crippen molar-refractivity contribution in [3.63, 3.8) is 0 Å². The number of carbonyl (C=O) groups is 1. The molecule has 5 nitrogen and oxygen atoms in total. The highest BCUT2D eigenvalue weighted by Crippen LogP contribution is 2.40. The Balaban J connectivity index is 1.60. The molecule has 2 heterocycles. The Morgan fingerprint density at radius 2 is 2.09 bits per heavy atom. The zero-order valence-electron chi connectivity index (χ0n) is 12.0. The molecule has 1 aromatic carbocycles. The van der Waals surface area contributed by atoms with Gasteiger partial charge in [0.15, 0.2) is 5.82 Å². The van der Waals surface area contributed by atoms with Crippen molar-refractivity contribution >= 4 is 5.91 Å². The molecule has 0 radical (unpaired) electrons. The standard InChI is InChI=1S/C16H16FN3O2/c17-12-5-2-1-4-11(12)16(21)20-9-3-6-13(20)15-18-14(19-22-15)10-7-8-10/h1-2,4-5,10,13H,3,6-9H2. The lowest BCUT2D eigenvalue weighted by molar-refractivity contribution is 0.0705. The maximum absolute atomic E-state index is 13.8. The molecule has 114 valence electrons. The van der Waals surface area contributed by atoms with E-state index in [1.807, 2.05) is 0 Å². The molecule has 6 heteroatoms. The highest BCUT2D eigenvalue weighted by molar-refractivity contribution is 5.94. The Morgan fingerprint density at radius 1 is 1.27 bits per heavy atom. The first-order valence-corrected chi connectivity index (χ1v) is 7.63. The van der Waals surface area contributed by atoms with Crippen molar-refractivity contribution in [2.24, 2.45) is 0 Å². The molecule has 0 N–H and O–H groups in total. The Bertz CT molecular complexity index is 711. The van der Waals surface area contributed by atoms with E-state index >= 15 is 0 Å². The van der Waals surface area contributed by atoms with Crippen LogP contribution >= 0.6 is 0 Å². The molecule has 0 spiro atoms. The lowest BCUT2D eigenvalue weighted by atomic mass is 10.1. The van der Waals surface area contributed by atoms with Crippen molar-refractivity contribution in [1.29, 1.82) is 0 Å². The summed E-state index contributed by atoms with van der Waals surface area (Å²) in [6.45, 7) is 0.582. The smallest absolute Gasteiger partial charge is 0.257 e. The van der Waals surface area contributed by atoms with Gasteiger partial charge in [0.1, 0.15) is 11.9 Å². The Kier molecular flexibility index (Phi) is 3.17. The van der Waals surface area contributed by atoms with Gasteiger partial charge in [-0.25, -0.2) is 4.39 Å². The topological polar surface area (TPSA) is 59.2 Å². The summed E-state index contributed by atoms with van der Waals surface area (Å²) in [4.78, 5) is 18.7. The van der Waals surface area contributed by atoms with Crippen molar-refractivity contribution in [3.8, 4) is 0 Å². The number of benzene rings is 1. The van der Waals surface area contributed by atoms with E-state index in [1.165, 1.54) is 12.1 Å². The van der Waals surface area contributed by atoms with Crippen LogP contribution in [0.3, 0.4) is 0 Å². The molecular formula is C16H16FN3O2. The second kappa shape index (κ2) is 5.19. The third-order valence-electron chi connectivity index (χ3n) is 4.30. The van der Waals surface area contributed by atoms with Gasteiger partial charge in [0.25, 0.3) is 5.91 Å². The number of halogens is 1. The number of rotatable bonds is 3. The number of amides is 1. The van der Waals surface area contributed by atoms with Crippen LogP contribution in [-0.4, -0.2) is 27.5 Å². The molecule has 2 aromatic rings. The predicted octanol–water partition coefficient (Wildman–Crippen LogP) is 3.06. The number of likely N-dealkylation sites (tertiary alicyclic amines) is 1.